The maximum Gasteiger partial charge on any atom is 0.509 e. The van der Waals surface area contributed by atoms with Gasteiger partial charge in [-0.1, -0.05) is 71.1 Å². The maximum atomic E-state index is 14.5. The number of carbonyl (C=O) groups is 6. The number of ketones is 3. The average Bonchev–Trinajstić information content (AvgIpc) is 3.38. The molecule has 418 valence electrons. The van der Waals surface area contributed by atoms with Crippen LogP contribution >= 0.6 is 0 Å². The minimum absolute atomic E-state index is 0.0492. The minimum atomic E-state index is -2.47. The Hall–Kier alpha value is -4.14. The van der Waals surface area contributed by atoms with Crippen LogP contribution in [0.4, 0.5) is 4.79 Å². The molecule has 74 heavy (non-hydrogen) atoms. The van der Waals surface area contributed by atoms with Gasteiger partial charge in [0.2, 0.25) is 5.79 Å². The molecule has 18 heteroatoms. The maximum absolute atomic E-state index is 14.5. The molecular weight excluding hydrogens is 959 g/mol. The highest BCUT2D eigenvalue weighted by atomic mass is 16.7. The van der Waals surface area contributed by atoms with Crippen LogP contribution in [0.3, 0.4) is 0 Å². The number of amides is 1. The van der Waals surface area contributed by atoms with Gasteiger partial charge in [0.05, 0.1) is 31.0 Å². The van der Waals surface area contributed by atoms with Crippen LogP contribution in [-0.2, 0) is 61.9 Å². The lowest BCUT2D eigenvalue weighted by Gasteiger charge is -2.42. The van der Waals surface area contributed by atoms with Crippen molar-refractivity contribution >= 4 is 35.4 Å². The van der Waals surface area contributed by atoms with Crippen LogP contribution in [0.15, 0.2) is 47.6 Å². The first-order valence-electron chi connectivity index (χ1n) is 26.6. The molecule has 0 aromatic carbocycles. The van der Waals surface area contributed by atoms with Crippen molar-refractivity contribution in [1.82, 2.24) is 4.90 Å². The van der Waals surface area contributed by atoms with Gasteiger partial charge < -0.3 is 58.1 Å². The molecule has 4 aliphatic rings. The second-order valence-electron chi connectivity index (χ2n) is 21.3. The third kappa shape index (κ3) is 17.2. The minimum Gasteiger partial charge on any atom is -0.460 e. The highest BCUT2D eigenvalue weighted by Crippen LogP contribution is 2.38. The van der Waals surface area contributed by atoms with Gasteiger partial charge >= 0.3 is 12.1 Å². The fourth-order valence-corrected chi connectivity index (χ4v) is 10.7. The molecule has 3 N–H and O–H groups in total. The first kappa shape index (κ1) is 62.4. The van der Waals surface area contributed by atoms with Crippen molar-refractivity contribution in [3.8, 4) is 0 Å². The Morgan fingerprint density at radius 3 is 2.26 bits per heavy atom. The summed E-state index contributed by atoms with van der Waals surface area (Å²) < 4.78 is 45.9. The number of hydrogen-bond donors (Lipinski definition) is 3. The zero-order chi connectivity index (χ0) is 54.9. The van der Waals surface area contributed by atoms with E-state index < -0.39 is 109 Å². The monoisotopic (exact) mass is 1050 g/mol. The molecule has 3 unspecified atom stereocenters. The van der Waals surface area contributed by atoms with Crippen molar-refractivity contribution in [3.05, 3.63) is 47.6 Å². The second kappa shape index (κ2) is 30.0. The molecule has 3 aliphatic heterocycles. The van der Waals surface area contributed by atoms with Crippen LogP contribution in [0.5, 0.6) is 0 Å². The molecule has 4 rings (SSSR count). The lowest BCUT2D eigenvalue weighted by atomic mass is 9.78. The molecule has 0 aromatic rings. The van der Waals surface area contributed by atoms with Crippen molar-refractivity contribution in [2.24, 2.45) is 35.5 Å². The third-order valence-electron chi connectivity index (χ3n) is 15.6. The Morgan fingerprint density at radius 2 is 1.59 bits per heavy atom. The molecule has 2 bridgehead atoms. The Morgan fingerprint density at radius 1 is 0.865 bits per heavy atom. The number of aliphatic hydroxyl groups is 3. The van der Waals surface area contributed by atoms with Crippen LogP contribution in [0.25, 0.3) is 0 Å². The van der Waals surface area contributed by atoms with Gasteiger partial charge in [-0.15, -0.1) is 0 Å². The predicted molar refractivity (Wildman–Crippen MR) is 273 cm³/mol. The Kier molecular flexibility index (Phi) is 25.3. The summed E-state index contributed by atoms with van der Waals surface area (Å²) in [4.78, 5) is 86.4. The van der Waals surface area contributed by atoms with Crippen molar-refractivity contribution in [3.63, 3.8) is 0 Å². The average molecular weight is 1050 g/mol. The normalized spacial score (nSPS) is 37.2. The summed E-state index contributed by atoms with van der Waals surface area (Å²) in [6, 6.07) is -1.20. The molecule has 18 nitrogen and oxygen atoms in total. The van der Waals surface area contributed by atoms with Crippen LogP contribution in [0.2, 0.25) is 0 Å². The summed E-state index contributed by atoms with van der Waals surface area (Å²) in [7, 11) is 5.78. The number of aliphatic hydroxyl groups excluding tert-OH is 2. The second-order valence-corrected chi connectivity index (χ2v) is 21.3. The van der Waals surface area contributed by atoms with Gasteiger partial charge in [-0.25, -0.2) is 9.59 Å². The quantitative estimate of drug-likeness (QED) is 0.116. The van der Waals surface area contributed by atoms with E-state index in [0.29, 0.717) is 63.4 Å². The van der Waals surface area contributed by atoms with Gasteiger partial charge in [0, 0.05) is 65.6 Å². The number of cyclic esters (lactones) is 1. The lowest BCUT2D eigenvalue weighted by Crippen LogP contribution is -2.61. The van der Waals surface area contributed by atoms with Gasteiger partial charge in [0.1, 0.15) is 30.6 Å². The summed E-state index contributed by atoms with van der Waals surface area (Å²) in [5, 5.41) is 32.2. The van der Waals surface area contributed by atoms with Gasteiger partial charge in [0.15, 0.2) is 18.0 Å². The number of hydrogen-bond acceptors (Lipinski definition) is 17. The molecule has 1 amide bonds. The zero-order valence-electron chi connectivity index (χ0n) is 45.7. The number of esters is 1. The van der Waals surface area contributed by atoms with E-state index in [4.69, 9.17) is 37.9 Å². The van der Waals surface area contributed by atoms with E-state index >= 15 is 0 Å². The van der Waals surface area contributed by atoms with Crippen LogP contribution in [0.1, 0.15) is 126 Å². The fourth-order valence-electron chi connectivity index (χ4n) is 10.7. The van der Waals surface area contributed by atoms with Gasteiger partial charge in [-0.2, -0.15) is 0 Å². The van der Waals surface area contributed by atoms with Gasteiger partial charge in [-0.3, -0.25) is 19.2 Å². The third-order valence-corrected chi connectivity index (χ3v) is 15.6. The number of ether oxygens (including phenoxy) is 8. The van der Waals surface area contributed by atoms with E-state index in [0.717, 1.165) is 10.5 Å². The number of rotatable bonds is 11. The topological polar surface area (TPSA) is 240 Å². The molecule has 0 aromatic heterocycles. The highest BCUT2D eigenvalue weighted by Gasteiger charge is 2.53. The van der Waals surface area contributed by atoms with E-state index in [-0.39, 0.29) is 61.9 Å². The molecular formula is C56H87NO17. The van der Waals surface area contributed by atoms with Crippen LogP contribution < -0.4 is 0 Å². The van der Waals surface area contributed by atoms with Crippen LogP contribution in [0, 0.1) is 35.5 Å². The van der Waals surface area contributed by atoms with Crippen LogP contribution in [-0.4, -0.2) is 164 Å². The first-order valence-corrected chi connectivity index (χ1v) is 26.6. The van der Waals surface area contributed by atoms with Crippen molar-refractivity contribution in [1.29, 1.82) is 0 Å². The van der Waals surface area contributed by atoms with E-state index in [2.05, 4.69) is 0 Å². The van der Waals surface area contributed by atoms with Gasteiger partial charge in [0.25, 0.3) is 11.7 Å². The Labute approximate surface area is 438 Å². The number of fused-ring (bicyclic) bond motifs is 3. The molecule has 2 saturated heterocycles. The zero-order valence-corrected chi connectivity index (χ0v) is 45.7. The standard InChI is InChI=1S/C56H87NO17/c1-33-17-13-12-14-18-34(2)46(68-9)29-41-22-20-39(7)56(66,74-41)52(62)53(63)57-24-16-15-19-43(57)54(64)72-47(36(4)27-40-21-23-44(59)48(28-40)69-10)30-45(60)35(3)26-38(6)50(51(70-11)49(61)37(5)25-33)73-55(65)71-32-42(31-58)67-8/h12-14,17-18,26,33,35-37,39-44,46-48,50-51,58-59,66H,15-16,19-25,27-32H2,1-11H3/b14-12+,17-13+,34-18+,38-26+/t33-,35-,36-,37-,39-,40+,41?,42?,43?,44-,46+,47+,48-,50-,51+,56-/m1/s1. The summed E-state index contributed by atoms with van der Waals surface area (Å²) >= 11 is 0. The Balaban J connectivity index is 1.77. The van der Waals surface area contributed by atoms with Crippen molar-refractivity contribution < 1.29 is 82.0 Å². The molecule has 1 aliphatic carbocycles. The largest absolute Gasteiger partial charge is 0.509 e. The summed E-state index contributed by atoms with van der Waals surface area (Å²) in [5.41, 5.74) is 1.15. The molecule has 0 spiro atoms. The first-order chi connectivity index (χ1) is 35.1. The molecule has 0 radical (unpaired) electrons. The smallest absolute Gasteiger partial charge is 0.460 e. The number of nitrogens with zero attached hydrogens (tertiary/aromatic N) is 1. The number of methoxy groups -OCH3 is 4. The fraction of sp³-hybridized carbons (Fsp3) is 0.750. The highest BCUT2D eigenvalue weighted by molar-refractivity contribution is 6.39. The van der Waals surface area contributed by atoms with Crippen molar-refractivity contribution in [2.45, 2.75) is 186 Å². The molecule has 3 heterocycles. The Bertz CT molecular complexity index is 2000. The lowest BCUT2D eigenvalue weighted by molar-refractivity contribution is -0.265. The number of piperidine rings is 1. The summed E-state index contributed by atoms with van der Waals surface area (Å²) in [6.45, 7) is 11.7. The molecule has 3 fully saturated rings. The van der Waals surface area contributed by atoms with E-state index in [1.165, 1.54) is 14.2 Å². The summed E-state index contributed by atoms with van der Waals surface area (Å²) in [5.74, 6) is -8.83. The van der Waals surface area contributed by atoms with E-state index in [1.54, 1.807) is 48.0 Å². The number of allylic oxidation sites excluding steroid dienone is 6. The van der Waals surface area contributed by atoms with Crippen molar-refractivity contribution in [2.75, 3.05) is 48.2 Å². The molecule has 16 atom stereocenters. The SMILES string of the molecule is COC(CO)COC(=O)O[C@@H]1/C(C)=C/[C@@H](C)C(=O)C[C@@H]([C@H](C)C[C@@H]2CC[C@@H](O)[C@H](OC)C2)OC(=O)C2CCCCN2C(=O)C(=O)[C@]2(O)OC(CC[C@H]2C)C[C@H](OC)/C(C)=C/C=C/C=C/[C@@H](C)C[C@@H](C)C(=O)[C@@H]1OC. The predicted octanol–water partition coefficient (Wildman–Crippen LogP) is 6.35. The summed E-state index contributed by atoms with van der Waals surface area (Å²) in [6.07, 6.45) is 7.98. The van der Waals surface area contributed by atoms with E-state index in [1.807, 2.05) is 51.2 Å². The van der Waals surface area contributed by atoms with E-state index in [9.17, 15) is 44.1 Å². The van der Waals surface area contributed by atoms with Gasteiger partial charge in [-0.05, 0) is 107 Å². The molecule has 1 saturated carbocycles. The number of Topliss-reactive ketones (excluding diaryl/α,β-unsaturated/α-hetero) is 3. The number of carbonyl (C=O) groups excluding carboxylic acids is 6.